The van der Waals surface area contributed by atoms with Crippen LogP contribution in [0, 0.1) is 0 Å². The zero-order valence-electron chi connectivity index (χ0n) is 9.12. The number of rotatable bonds is 3. The van der Waals surface area contributed by atoms with Crippen molar-refractivity contribution in [2.75, 3.05) is 0 Å². The minimum absolute atomic E-state index is 0.403. The van der Waals surface area contributed by atoms with E-state index in [1.165, 1.54) is 11.1 Å². The molecule has 2 rings (SSSR count). The maximum Gasteiger partial charge on any atom is 0.0798 e. The summed E-state index contributed by atoms with van der Waals surface area (Å²) in [4.78, 5) is 0. The molecule has 1 nitrogen and oxygen atoms in total. The Morgan fingerprint density at radius 2 is 2.12 bits per heavy atom. The molecule has 1 aliphatic carbocycles. The minimum atomic E-state index is -0.403. The van der Waals surface area contributed by atoms with Gasteiger partial charge in [0.15, 0.2) is 0 Å². The van der Waals surface area contributed by atoms with Crippen molar-refractivity contribution in [2.24, 2.45) is 0 Å². The first-order chi connectivity index (χ1) is 7.74. The van der Waals surface area contributed by atoms with Gasteiger partial charge in [0.1, 0.15) is 0 Å². The van der Waals surface area contributed by atoms with Crippen molar-refractivity contribution in [3.05, 3.63) is 53.6 Å². The van der Waals surface area contributed by atoms with Crippen molar-refractivity contribution < 1.29 is 5.11 Å². The number of hydrogen-bond acceptors (Lipinski definition) is 1. The second-order valence-electron chi connectivity index (χ2n) is 4.04. The normalized spacial score (nSPS) is 16.9. The number of aliphatic hydroxyl groups is 1. The third-order valence-corrected chi connectivity index (χ3v) is 3.93. The van der Waals surface area contributed by atoms with Gasteiger partial charge in [-0.1, -0.05) is 46.3 Å². The summed E-state index contributed by atoms with van der Waals surface area (Å²) < 4.78 is 1.06. The van der Waals surface area contributed by atoms with Crippen LogP contribution < -0.4 is 0 Å². The first-order valence-corrected chi connectivity index (χ1v) is 6.29. The Bertz CT molecular complexity index is 434. The van der Waals surface area contributed by atoms with Crippen molar-refractivity contribution in [2.45, 2.75) is 25.4 Å². The highest BCUT2D eigenvalue weighted by atomic mass is 79.9. The molecule has 0 aromatic heterocycles. The van der Waals surface area contributed by atoms with Gasteiger partial charge in [-0.3, -0.25) is 0 Å². The molecule has 0 heterocycles. The first-order valence-electron chi connectivity index (χ1n) is 5.50. The largest absolute Gasteiger partial charge is 0.388 e. The highest BCUT2D eigenvalue weighted by Gasteiger charge is 2.20. The van der Waals surface area contributed by atoms with Gasteiger partial charge in [0.05, 0.1) is 6.10 Å². The summed E-state index contributed by atoms with van der Waals surface area (Å²) in [5.41, 5.74) is 3.66. The molecule has 0 bridgehead atoms. The Kier molecular flexibility index (Phi) is 3.62. The van der Waals surface area contributed by atoms with E-state index < -0.39 is 6.10 Å². The van der Waals surface area contributed by atoms with Crippen LogP contribution in [0.25, 0.3) is 4.48 Å². The molecule has 2 heteroatoms. The van der Waals surface area contributed by atoms with Gasteiger partial charge in [0, 0.05) is 4.48 Å². The Labute approximate surface area is 105 Å². The molecule has 0 amide bonds. The van der Waals surface area contributed by atoms with E-state index in [1.807, 2.05) is 6.07 Å². The van der Waals surface area contributed by atoms with E-state index in [9.17, 15) is 5.11 Å². The van der Waals surface area contributed by atoms with Crippen molar-refractivity contribution in [1.29, 1.82) is 0 Å². The topological polar surface area (TPSA) is 20.2 Å². The van der Waals surface area contributed by atoms with Crippen LogP contribution in [0.4, 0.5) is 0 Å². The van der Waals surface area contributed by atoms with E-state index in [0.717, 1.165) is 22.9 Å². The van der Waals surface area contributed by atoms with E-state index in [0.29, 0.717) is 6.42 Å². The Morgan fingerprint density at radius 3 is 2.88 bits per heavy atom. The maximum absolute atomic E-state index is 10.0. The summed E-state index contributed by atoms with van der Waals surface area (Å²) in [6.45, 7) is 3.67. The van der Waals surface area contributed by atoms with Crippen LogP contribution in [0.5, 0.6) is 0 Å². The van der Waals surface area contributed by atoms with Crippen LogP contribution in [-0.2, 0) is 6.42 Å². The van der Waals surface area contributed by atoms with Gasteiger partial charge >= 0.3 is 0 Å². The fourth-order valence-corrected chi connectivity index (χ4v) is 2.97. The predicted molar refractivity (Wildman–Crippen MR) is 71.4 cm³/mol. The molecule has 16 heavy (non-hydrogen) atoms. The number of halogens is 1. The number of hydrogen-bond donors (Lipinski definition) is 1. The van der Waals surface area contributed by atoms with Gasteiger partial charge in [-0.05, 0) is 36.0 Å². The second-order valence-corrected chi connectivity index (χ2v) is 4.83. The molecule has 1 aromatic carbocycles. The van der Waals surface area contributed by atoms with E-state index in [2.05, 4.69) is 40.7 Å². The molecule has 0 saturated heterocycles. The number of fused-ring (bicyclic) bond motifs is 1. The molecule has 1 aromatic rings. The molecule has 0 saturated carbocycles. The van der Waals surface area contributed by atoms with Crippen LogP contribution in [0.1, 0.15) is 24.0 Å². The van der Waals surface area contributed by atoms with Crippen molar-refractivity contribution in [3.63, 3.8) is 0 Å². The minimum Gasteiger partial charge on any atom is -0.388 e. The monoisotopic (exact) mass is 278 g/mol. The second kappa shape index (κ2) is 4.98. The fraction of sp³-hybridized carbons (Fsp3) is 0.286. The molecular weight excluding hydrogens is 264 g/mol. The lowest BCUT2D eigenvalue weighted by molar-refractivity contribution is 0.211. The zero-order valence-corrected chi connectivity index (χ0v) is 10.7. The summed E-state index contributed by atoms with van der Waals surface area (Å²) in [6.07, 6.45) is 3.91. The van der Waals surface area contributed by atoms with Gasteiger partial charge in [0.2, 0.25) is 0 Å². The van der Waals surface area contributed by atoms with Crippen molar-refractivity contribution >= 4 is 20.4 Å². The summed E-state index contributed by atoms with van der Waals surface area (Å²) in [7, 11) is 0. The summed E-state index contributed by atoms with van der Waals surface area (Å²) in [5, 5.41) is 10.0. The van der Waals surface area contributed by atoms with Gasteiger partial charge in [-0.15, -0.1) is 6.58 Å². The lowest BCUT2D eigenvalue weighted by Crippen LogP contribution is -2.14. The van der Waals surface area contributed by atoms with E-state index in [-0.39, 0.29) is 0 Å². The molecule has 0 aliphatic heterocycles. The standard InChI is InChI=1S/C14H15BrO/c1-2-5-13(16)12-9-8-10-6-3-4-7-11(10)14(12)15/h2-4,6-7,13,16H,1,5,8-9H2. The molecule has 1 aliphatic rings. The lowest BCUT2D eigenvalue weighted by Gasteiger charge is -2.23. The molecule has 1 atom stereocenters. The quantitative estimate of drug-likeness (QED) is 0.837. The third-order valence-electron chi connectivity index (χ3n) is 2.99. The Balaban J connectivity index is 2.38. The lowest BCUT2D eigenvalue weighted by atomic mass is 9.89. The molecule has 0 spiro atoms. The Hall–Kier alpha value is -0.860. The highest BCUT2D eigenvalue weighted by Crippen LogP contribution is 2.37. The highest BCUT2D eigenvalue weighted by molar-refractivity contribution is 9.15. The average molecular weight is 279 g/mol. The first kappa shape index (κ1) is 11.6. The van der Waals surface area contributed by atoms with E-state index in [4.69, 9.17) is 0 Å². The van der Waals surface area contributed by atoms with Crippen LogP contribution in [-0.4, -0.2) is 11.2 Å². The van der Waals surface area contributed by atoms with Crippen LogP contribution >= 0.6 is 15.9 Å². The van der Waals surface area contributed by atoms with Crippen molar-refractivity contribution in [3.8, 4) is 0 Å². The molecule has 0 radical (unpaired) electrons. The van der Waals surface area contributed by atoms with Gasteiger partial charge in [-0.25, -0.2) is 0 Å². The summed E-state index contributed by atoms with van der Waals surface area (Å²) in [5.74, 6) is 0. The SMILES string of the molecule is C=CCC(O)C1=C(Br)c2ccccc2CC1. The van der Waals surface area contributed by atoms with Gasteiger partial charge in [0.25, 0.3) is 0 Å². The van der Waals surface area contributed by atoms with Crippen molar-refractivity contribution in [1.82, 2.24) is 0 Å². The van der Waals surface area contributed by atoms with Gasteiger partial charge in [-0.2, -0.15) is 0 Å². The number of benzene rings is 1. The maximum atomic E-state index is 10.0. The molecular formula is C14H15BrO. The molecule has 84 valence electrons. The smallest absolute Gasteiger partial charge is 0.0798 e. The number of aliphatic hydroxyl groups excluding tert-OH is 1. The average Bonchev–Trinajstić information content (AvgIpc) is 2.30. The number of aryl methyl sites for hydroxylation is 1. The van der Waals surface area contributed by atoms with E-state index in [1.54, 1.807) is 6.08 Å². The molecule has 1 unspecified atom stereocenters. The molecule has 1 N–H and O–H groups in total. The zero-order chi connectivity index (χ0) is 11.5. The Morgan fingerprint density at radius 1 is 1.38 bits per heavy atom. The van der Waals surface area contributed by atoms with Gasteiger partial charge < -0.3 is 5.11 Å². The summed E-state index contributed by atoms with van der Waals surface area (Å²) >= 11 is 3.61. The fourth-order valence-electron chi connectivity index (χ4n) is 2.12. The molecule has 0 fully saturated rings. The van der Waals surface area contributed by atoms with Crippen LogP contribution in [0.15, 0.2) is 42.5 Å². The summed E-state index contributed by atoms with van der Waals surface area (Å²) in [6, 6.07) is 8.33. The van der Waals surface area contributed by atoms with Crippen LogP contribution in [0.3, 0.4) is 0 Å². The van der Waals surface area contributed by atoms with E-state index >= 15 is 0 Å². The van der Waals surface area contributed by atoms with Crippen LogP contribution in [0.2, 0.25) is 0 Å². The predicted octanol–water partition coefficient (Wildman–Crippen LogP) is 3.68. The third kappa shape index (κ3) is 2.13.